The molecule has 1 unspecified atom stereocenters. The first kappa shape index (κ1) is 17.8. The normalized spacial score (nSPS) is 13.2. The maximum atomic E-state index is 6.35. The van der Waals surface area contributed by atoms with Gasteiger partial charge in [-0.2, -0.15) is 0 Å². The molecule has 1 rings (SSSR count). The van der Waals surface area contributed by atoms with Crippen molar-refractivity contribution in [2.24, 2.45) is 0 Å². The lowest BCUT2D eigenvalue weighted by molar-refractivity contribution is 0.220. The van der Waals surface area contributed by atoms with Gasteiger partial charge in [-0.15, -0.1) is 0 Å². The Bertz CT molecular complexity index is 407. The molecule has 0 fully saturated rings. The minimum absolute atomic E-state index is 0.249. The summed E-state index contributed by atoms with van der Waals surface area (Å²) in [6, 6.07) is 6.68. The molecule has 4 heteroatoms. The molecular weight excluding hydrogens is 291 g/mol. The second kappa shape index (κ2) is 8.89. The fraction of sp³-hybridized carbons (Fsp3) is 0.625. The molecule has 0 aromatic heterocycles. The van der Waals surface area contributed by atoms with E-state index in [-0.39, 0.29) is 6.04 Å². The minimum Gasteiger partial charge on any atom is -0.310 e. The molecule has 114 valence electrons. The molecule has 1 aromatic rings. The fourth-order valence-electron chi connectivity index (χ4n) is 2.48. The third kappa shape index (κ3) is 4.92. The first-order valence-electron chi connectivity index (χ1n) is 7.42. The Balaban J connectivity index is 2.81. The van der Waals surface area contributed by atoms with E-state index < -0.39 is 0 Å². The summed E-state index contributed by atoms with van der Waals surface area (Å²) in [4.78, 5) is 2.46. The Kier molecular flexibility index (Phi) is 7.90. The number of rotatable bonds is 8. The standard InChI is InChI=1S/C16H26Cl2N2/c1-5-19-15(10-11-20(6-2)12(3)4)13-8-7-9-14(17)16(13)18/h7-9,12,15,19H,5-6,10-11H2,1-4H3. The monoisotopic (exact) mass is 316 g/mol. The number of nitrogens with one attached hydrogen (secondary N) is 1. The molecule has 0 spiro atoms. The average Bonchev–Trinajstić information content (AvgIpc) is 2.41. The first-order valence-corrected chi connectivity index (χ1v) is 8.18. The Morgan fingerprint density at radius 3 is 2.45 bits per heavy atom. The molecule has 0 saturated heterocycles. The van der Waals surface area contributed by atoms with Gasteiger partial charge in [0.2, 0.25) is 0 Å². The van der Waals surface area contributed by atoms with Gasteiger partial charge in [-0.1, -0.05) is 49.2 Å². The Hall–Kier alpha value is -0.280. The predicted molar refractivity (Wildman–Crippen MR) is 89.9 cm³/mol. The Morgan fingerprint density at radius 1 is 1.20 bits per heavy atom. The average molecular weight is 317 g/mol. The van der Waals surface area contributed by atoms with E-state index in [1.54, 1.807) is 0 Å². The predicted octanol–water partition coefficient (Wildman–Crippen LogP) is 4.76. The third-order valence-corrected chi connectivity index (χ3v) is 4.48. The Morgan fingerprint density at radius 2 is 1.90 bits per heavy atom. The van der Waals surface area contributed by atoms with Crippen molar-refractivity contribution >= 4 is 23.2 Å². The van der Waals surface area contributed by atoms with E-state index in [0.717, 1.165) is 31.6 Å². The van der Waals surface area contributed by atoms with Crippen LogP contribution in [-0.2, 0) is 0 Å². The van der Waals surface area contributed by atoms with Gasteiger partial charge in [0.05, 0.1) is 10.0 Å². The maximum Gasteiger partial charge on any atom is 0.0640 e. The van der Waals surface area contributed by atoms with Gasteiger partial charge in [-0.25, -0.2) is 0 Å². The minimum atomic E-state index is 0.249. The smallest absolute Gasteiger partial charge is 0.0640 e. The van der Waals surface area contributed by atoms with Gasteiger partial charge in [-0.05, 0) is 45.0 Å². The lowest BCUT2D eigenvalue weighted by Gasteiger charge is -2.28. The van der Waals surface area contributed by atoms with Gasteiger partial charge < -0.3 is 10.2 Å². The summed E-state index contributed by atoms with van der Waals surface area (Å²) >= 11 is 12.5. The van der Waals surface area contributed by atoms with Gasteiger partial charge >= 0.3 is 0 Å². The zero-order chi connectivity index (χ0) is 15.1. The molecule has 20 heavy (non-hydrogen) atoms. The van der Waals surface area contributed by atoms with E-state index in [0.29, 0.717) is 16.1 Å². The highest BCUT2D eigenvalue weighted by molar-refractivity contribution is 6.42. The zero-order valence-corrected chi connectivity index (χ0v) is 14.4. The van der Waals surface area contributed by atoms with E-state index >= 15 is 0 Å². The molecule has 0 saturated carbocycles. The maximum absolute atomic E-state index is 6.35. The van der Waals surface area contributed by atoms with Crippen molar-refractivity contribution in [1.82, 2.24) is 10.2 Å². The molecule has 0 aliphatic heterocycles. The van der Waals surface area contributed by atoms with Crippen molar-refractivity contribution in [2.45, 2.75) is 46.2 Å². The van der Waals surface area contributed by atoms with Crippen LogP contribution in [0.3, 0.4) is 0 Å². The molecule has 1 N–H and O–H groups in total. The van der Waals surface area contributed by atoms with Crippen LogP contribution in [0.5, 0.6) is 0 Å². The molecule has 0 aliphatic carbocycles. The second-order valence-corrected chi connectivity index (χ2v) is 6.05. The van der Waals surface area contributed by atoms with Gasteiger partial charge in [0.15, 0.2) is 0 Å². The van der Waals surface area contributed by atoms with Gasteiger partial charge in [0.25, 0.3) is 0 Å². The van der Waals surface area contributed by atoms with Crippen LogP contribution < -0.4 is 5.32 Å². The van der Waals surface area contributed by atoms with Crippen molar-refractivity contribution in [2.75, 3.05) is 19.6 Å². The van der Waals surface area contributed by atoms with Crippen molar-refractivity contribution in [3.63, 3.8) is 0 Å². The summed E-state index contributed by atoms with van der Waals surface area (Å²) in [5.41, 5.74) is 1.10. The summed E-state index contributed by atoms with van der Waals surface area (Å²) in [6.45, 7) is 11.8. The number of hydrogen-bond donors (Lipinski definition) is 1. The van der Waals surface area contributed by atoms with Gasteiger partial charge in [-0.3, -0.25) is 0 Å². The molecule has 2 nitrogen and oxygen atoms in total. The van der Waals surface area contributed by atoms with Crippen LogP contribution in [0, 0.1) is 0 Å². The number of hydrogen-bond acceptors (Lipinski definition) is 2. The lowest BCUT2D eigenvalue weighted by Crippen LogP contribution is -2.34. The van der Waals surface area contributed by atoms with Crippen LogP contribution in [0.4, 0.5) is 0 Å². The largest absolute Gasteiger partial charge is 0.310 e. The van der Waals surface area contributed by atoms with Crippen LogP contribution in [0.2, 0.25) is 10.0 Å². The van der Waals surface area contributed by atoms with Crippen molar-refractivity contribution in [3.05, 3.63) is 33.8 Å². The van der Waals surface area contributed by atoms with E-state index in [1.807, 2.05) is 12.1 Å². The van der Waals surface area contributed by atoms with E-state index in [4.69, 9.17) is 23.2 Å². The van der Waals surface area contributed by atoms with Gasteiger partial charge in [0, 0.05) is 18.6 Å². The fourth-order valence-corrected chi connectivity index (χ4v) is 2.92. The summed E-state index contributed by atoms with van der Waals surface area (Å²) in [5.74, 6) is 0. The van der Waals surface area contributed by atoms with Crippen molar-refractivity contribution < 1.29 is 0 Å². The summed E-state index contributed by atoms with van der Waals surface area (Å²) in [7, 11) is 0. The highest BCUT2D eigenvalue weighted by Gasteiger charge is 2.17. The summed E-state index contributed by atoms with van der Waals surface area (Å²) in [6.07, 6.45) is 1.03. The number of halogens is 2. The molecule has 0 heterocycles. The highest BCUT2D eigenvalue weighted by atomic mass is 35.5. The quantitative estimate of drug-likeness (QED) is 0.743. The molecule has 0 aliphatic rings. The van der Waals surface area contributed by atoms with E-state index in [2.05, 4.69) is 44.0 Å². The summed E-state index contributed by atoms with van der Waals surface area (Å²) < 4.78 is 0. The number of nitrogens with zero attached hydrogens (tertiary/aromatic N) is 1. The van der Waals surface area contributed by atoms with Crippen LogP contribution >= 0.6 is 23.2 Å². The van der Waals surface area contributed by atoms with Crippen molar-refractivity contribution in [1.29, 1.82) is 0 Å². The molecule has 1 atom stereocenters. The zero-order valence-electron chi connectivity index (χ0n) is 12.9. The Labute approximate surface area is 133 Å². The third-order valence-electron chi connectivity index (χ3n) is 3.65. The van der Waals surface area contributed by atoms with Crippen molar-refractivity contribution in [3.8, 4) is 0 Å². The first-order chi connectivity index (χ1) is 9.51. The van der Waals surface area contributed by atoms with Gasteiger partial charge in [0.1, 0.15) is 0 Å². The van der Waals surface area contributed by atoms with Crippen LogP contribution in [0.25, 0.3) is 0 Å². The molecule has 0 bridgehead atoms. The SMILES string of the molecule is CCNC(CCN(CC)C(C)C)c1cccc(Cl)c1Cl. The molecule has 0 amide bonds. The highest BCUT2D eigenvalue weighted by Crippen LogP contribution is 2.31. The van der Waals surface area contributed by atoms with E-state index in [1.165, 1.54) is 0 Å². The molecule has 0 radical (unpaired) electrons. The second-order valence-electron chi connectivity index (χ2n) is 5.26. The molecule has 1 aromatic carbocycles. The molecular formula is C16H26Cl2N2. The lowest BCUT2D eigenvalue weighted by atomic mass is 10.0. The van der Waals surface area contributed by atoms with Crippen LogP contribution in [-0.4, -0.2) is 30.6 Å². The number of benzene rings is 1. The van der Waals surface area contributed by atoms with Crippen LogP contribution in [0.1, 0.15) is 45.7 Å². The summed E-state index contributed by atoms with van der Waals surface area (Å²) in [5, 5.41) is 4.82. The van der Waals surface area contributed by atoms with Crippen LogP contribution in [0.15, 0.2) is 18.2 Å². The van der Waals surface area contributed by atoms with E-state index in [9.17, 15) is 0 Å². The topological polar surface area (TPSA) is 15.3 Å².